The third kappa shape index (κ3) is 2.64. The van der Waals surface area contributed by atoms with Crippen LogP contribution in [0.2, 0.25) is 5.02 Å². The SMILES string of the molecule is O=C(c1cc2ccc(Cl)cn2n1)N1CCc2c(Br)cccc2C1. The third-order valence-electron chi connectivity index (χ3n) is 4.14. The standard InChI is InChI=1S/C17H13BrClN3O/c18-15-3-1-2-11-9-21(7-6-14(11)15)17(23)16-8-13-5-4-12(19)10-22(13)20-16/h1-5,8,10H,6-7,9H2. The van der Waals surface area contributed by atoms with Crippen molar-refractivity contribution in [3.8, 4) is 0 Å². The summed E-state index contributed by atoms with van der Waals surface area (Å²) < 4.78 is 2.76. The fourth-order valence-electron chi connectivity index (χ4n) is 2.96. The van der Waals surface area contributed by atoms with Crippen molar-refractivity contribution in [2.45, 2.75) is 13.0 Å². The van der Waals surface area contributed by atoms with Crippen LogP contribution in [0, 0.1) is 0 Å². The molecule has 0 saturated carbocycles. The molecule has 116 valence electrons. The number of rotatable bonds is 1. The Morgan fingerprint density at radius 2 is 2.13 bits per heavy atom. The Kier molecular flexibility index (Phi) is 3.62. The van der Waals surface area contributed by atoms with E-state index in [4.69, 9.17) is 11.6 Å². The highest BCUT2D eigenvalue weighted by Crippen LogP contribution is 2.27. The first kappa shape index (κ1) is 14.7. The van der Waals surface area contributed by atoms with Crippen LogP contribution in [0.15, 0.2) is 47.1 Å². The Bertz CT molecular complexity index is 921. The first-order valence-electron chi connectivity index (χ1n) is 7.32. The average molecular weight is 391 g/mol. The maximum atomic E-state index is 12.8. The third-order valence-corrected chi connectivity index (χ3v) is 5.11. The van der Waals surface area contributed by atoms with Crippen LogP contribution in [-0.2, 0) is 13.0 Å². The molecule has 0 bridgehead atoms. The number of hydrogen-bond donors (Lipinski definition) is 0. The summed E-state index contributed by atoms with van der Waals surface area (Å²) in [6.45, 7) is 1.31. The molecular weight excluding hydrogens is 378 g/mol. The van der Waals surface area contributed by atoms with E-state index < -0.39 is 0 Å². The van der Waals surface area contributed by atoms with Crippen LogP contribution in [0.4, 0.5) is 0 Å². The van der Waals surface area contributed by atoms with Crippen LogP contribution in [-0.4, -0.2) is 27.0 Å². The molecule has 1 aliphatic rings. The molecule has 0 N–H and O–H groups in total. The normalized spacial score (nSPS) is 14.1. The highest BCUT2D eigenvalue weighted by molar-refractivity contribution is 9.10. The van der Waals surface area contributed by atoms with E-state index in [1.807, 2.05) is 23.1 Å². The first-order valence-corrected chi connectivity index (χ1v) is 8.49. The van der Waals surface area contributed by atoms with Crippen molar-refractivity contribution in [1.29, 1.82) is 0 Å². The fraction of sp³-hybridized carbons (Fsp3) is 0.176. The molecule has 0 aliphatic carbocycles. The van der Waals surface area contributed by atoms with Crippen LogP contribution < -0.4 is 0 Å². The van der Waals surface area contributed by atoms with E-state index in [0.29, 0.717) is 23.8 Å². The number of pyridine rings is 1. The molecule has 3 aromatic rings. The molecule has 23 heavy (non-hydrogen) atoms. The monoisotopic (exact) mass is 389 g/mol. The molecule has 0 saturated heterocycles. The van der Waals surface area contributed by atoms with Gasteiger partial charge >= 0.3 is 0 Å². The van der Waals surface area contributed by atoms with Gasteiger partial charge in [0.1, 0.15) is 0 Å². The molecule has 1 aromatic carbocycles. The van der Waals surface area contributed by atoms with E-state index >= 15 is 0 Å². The molecule has 0 fully saturated rings. The first-order chi connectivity index (χ1) is 11.1. The van der Waals surface area contributed by atoms with Gasteiger partial charge in [-0.3, -0.25) is 4.79 Å². The minimum atomic E-state index is -0.0459. The summed E-state index contributed by atoms with van der Waals surface area (Å²) in [5.41, 5.74) is 3.78. The molecule has 0 radical (unpaired) electrons. The average Bonchev–Trinajstić information content (AvgIpc) is 2.97. The maximum absolute atomic E-state index is 12.8. The molecule has 6 heteroatoms. The zero-order valence-electron chi connectivity index (χ0n) is 12.2. The lowest BCUT2D eigenvalue weighted by Crippen LogP contribution is -2.36. The van der Waals surface area contributed by atoms with Crippen molar-refractivity contribution in [1.82, 2.24) is 14.5 Å². The minimum Gasteiger partial charge on any atom is -0.333 e. The number of carbonyl (C=O) groups is 1. The molecule has 2 aromatic heterocycles. The second kappa shape index (κ2) is 5.65. The topological polar surface area (TPSA) is 37.6 Å². The molecule has 0 unspecified atom stereocenters. The fourth-order valence-corrected chi connectivity index (χ4v) is 3.73. The number of aromatic nitrogens is 2. The van der Waals surface area contributed by atoms with Crippen LogP contribution in [0.1, 0.15) is 21.6 Å². The Labute approximate surface area is 146 Å². The van der Waals surface area contributed by atoms with Crippen molar-refractivity contribution in [3.63, 3.8) is 0 Å². The van der Waals surface area contributed by atoms with Crippen molar-refractivity contribution in [3.05, 3.63) is 68.9 Å². The second-order valence-corrected chi connectivity index (χ2v) is 6.89. The van der Waals surface area contributed by atoms with E-state index in [1.54, 1.807) is 22.8 Å². The molecule has 0 spiro atoms. The predicted octanol–water partition coefficient (Wildman–Crippen LogP) is 3.95. The van der Waals surface area contributed by atoms with Crippen molar-refractivity contribution in [2.75, 3.05) is 6.54 Å². The largest absolute Gasteiger partial charge is 0.333 e. The van der Waals surface area contributed by atoms with Gasteiger partial charge in [0, 0.05) is 23.8 Å². The van der Waals surface area contributed by atoms with E-state index in [-0.39, 0.29) is 5.91 Å². The van der Waals surface area contributed by atoms with Crippen LogP contribution >= 0.6 is 27.5 Å². The van der Waals surface area contributed by atoms with Gasteiger partial charge in [-0.15, -0.1) is 0 Å². The van der Waals surface area contributed by atoms with Gasteiger partial charge in [0.2, 0.25) is 0 Å². The molecule has 0 atom stereocenters. The van der Waals surface area contributed by atoms with Crippen LogP contribution in [0.5, 0.6) is 0 Å². The lowest BCUT2D eigenvalue weighted by molar-refractivity contribution is 0.0728. The minimum absolute atomic E-state index is 0.0459. The smallest absolute Gasteiger partial charge is 0.274 e. The molecule has 1 aliphatic heterocycles. The highest BCUT2D eigenvalue weighted by atomic mass is 79.9. The Morgan fingerprint density at radius 1 is 1.26 bits per heavy atom. The van der Waals surface area contributed by atoms with E-state index in [1.165, 1.54) is 11.1 Å². The van der Waals surface area contributed by atoms with Gasteiger partial charge in [0.15, 0.2) is 5.69 Å². The van der Waals surface area contributed by atoms with E-state index in [0.717, 1.165) is 16.4 Å². The van der Waals surface area contributed by atoms with Crippen molar-refractivity contribution >= 4 is 39.0 Å². The second-order valence-electron chi connectivity index (χ2n) is 5.60. The molecule has 4 nitrogen and oxygen atoms in total. The van der Waals surface area contributed by atoms with Gasteiger partial charge in [-0.25, -0.2) is 4.52 Å². The van der Waals surface area contributed by atoms with Gasteiger partial charge in [0.25, 0.3) is 5.91 Å². The van der Waals surface area contributed by atoms with Gasteiger partial charge in [-0.1, -0.05) is 39.7 Å². The molecule has 1 amide bonds. The Morgan fingerprint density at radius 3 is 3.00 bits per heavy atom. The zero-order chi connectivity index (χ0) is 16.0. The van der Waals surface area contributed by atoms with Gasteiger partial charge in [-0.05, 0) is 41.8 Å². The molecule has 4 rings (SSSR count). The van der Waals surface area contributed by atoms with Gasteiger partial charge in [-0.2, -0.15) is 5.10 Å². The Balaban J connectivity index is 1.64. The van der Waals surface area contributed by atoms with Crippen molar-refractivity contribution in [2.24, 2.45) is 0 Å². The van der Waals surface area contributed by atoms with Crippen LogP contribution in [0.3, 0.4) is 0 Å². The number of carbonyl (C=O) groups excluding carboxylic acids is 1. The number of amides is 1. The predicted molar refractivity (Wildman–Crippen MR) is 92.8 cm³/mol. The lowest BCUT2D eigenvalue weighted by atomic mass is 10.00. The number of fused-ring (bicyclic) bond motifs is 2. The summed E-state index contributed by atoms with van der Waals surface area (Å²) >= 11 is 9.55. The number of nitrogens with zero attached hydrogens (tertiary/aromatic N) is 3. The van der Waals surface area contributed by atoms with Crippen LogP contribution in [0.25, 0.3) is 5.52 Å². The van der Waals surface area contributed by atoms with Crippen molar-refractivity contribution < 1.29 is 4.79 Å². The molecule has 3 heterocycles. The number of benzene rings is 1. The maximum Gasteiger partial charge on any atom is 0.274 e. The summed E-state index contributed by atoms with van der Waals surface area (Å²) in [6, 6.07) is 11.6. The summed E-state index contributed by atoms with van der Waals surface area (Å²) in [5.74, 6) is -0.0459. The molecular formula is C17H13BrClN3O. The quantitative estimate of drug-likeness (QED) is 0.631. The van der Waals surface area contributed by atoms with E-state index in [9.17, 15) is 4.79 Å². The summed E-state index contributed by atoms with van der Waals surface area (Å²) in [6.07, 6.45) is 2.55. The number of hydrogen-bond acceptors (Lipinski definition) is 2. The Hall–Kier alpha value is -1.85. The van der Waals surface area contributed by atoms with E-state index in [2.05, 4.69) is 27.1 Å². The summed E-state index contributed by atoms with van der Waals surface area (Å²) in [5, 5.41) is 4.95. The highest BCUT2D eigenvalue weighted by Gasteiger charge is 2.24. The van der Waals surface area contributed by atoms with Gasteiger partial charge < -0.3 is 4.90 Å². The summed E-state index contributed by atoms with van der Waals surface area (Å²) in [4.78, 5) is 14.6. The summed E-state index contributed by atoms with van der Waals surface area (Å²) in [7, 11) is 0. The lowest BCUT2D eigenvalue weighted by Gasteiger charge is -2.28. The van der Waals surface area contributed by atoms with Gasteiger partial charge in [0.05, 0.1) is 10.5 Å². The zero-order valence-corrected chi connectivity index (χ0v) is 14.5. The number of halogens is 2.